The third-order valence-corrected chi connectivity index (χ3v) is 3.66. The highest BCUT2D eigenvalue weighted by Crippen LogP contribution is 2.20. The van der Waals surface area contributed by atoms with E-state index in [0.29, 0.717) is 5.69 Å². The molecule has 0 N–H and O–H groups in total. The third kappa shape index (κ3) is 2.67. The largest absolute Gasteiger partial charge is 0.300 e. The Hall–Kier alpha value is -0.650. The minimum atomic E-state index is -3.68. The van der Waals surface area contributed by atoms with Gasteiger partial charge < -0.3 is 0 Å². The van der Waals surface area contributed by atoms with Crippen molar-refractivity contribution >= 4 is 19.9 Å². The normalized spacial score (nSPS) is 14.3. The predicted molar refractivity (Wildman–Crippen MR) is 55.2 cm³/mol. The summed E-state index contributed by atoms with van der Waals surface area (Å²) in [6.45, 7) is 1.72. The maximum atomic E-state index is 11.0. The van der Waals surface area contributed by atoms with Gasteiger partial charge in [0.2, 0.25) is 0 Å². The molecule has 0 saturated carbocycles. The van der Waals surface area contributed by atoms with Crippen molar-refractivity contribution in [3.63, 3.8) is 0 Å². The van der Waals surface area contributed by atoms with Crippen LogP contribution in [0.5, 0.6) is 0 Å². The molecular weight excluding hydrogens is 224 g/mol. The Labute approximate surface area is 88.1 Å². The summed E-state index contributed by atoms with van der Waals surface area (Å²) in [6, 6.07) is 4.96. The molecule has 0 aliphatic heterocycles. The highest BCUT2D eigenvalue weighted by Gasteiger charge is 2.22. The first kappa shape index (κ1) is 11.4. The van der Waals surface area contributed by atoms with Crippen LogP contribution in [-0.4, -0.2) is 24.8 Å². The number of rotatable bonds is 3. The summed E-state index contributed by atoms with van der Waals surface area (Å²) in [5.74, 6) is 0. The summed E-state index contributed by atoms with van der Waals surface area (Å²) in [7, 11) is 2.93. The molecule has 1 heterocycles. The molecule has 0 saturated heterocycles. The van der Waals surface area contributed by atoms with Crippen LogP contribution in [0.1, 0.15) is 18.7 Å². The van der Waals surface area contributed by atoms with Crippen molar-refractivity contribution in [3.8, 4) is 0 Å². The molecule has 0 radical (unpaired) electrons. The van der Waals surface area contributed by atoms with E-state index in [1.807, 2.05) is 0 Å². The van der Waals surface area contributed by atoms with Crippen molar-refractivity contribution in [2.75, 3.05) is 7.05 Å². The molecule has 0 spiro atoms. The summed E-state index contributed by atoms with van der Waals surface area (Å²) in [5.41, 5.74) is 0.666. The monoisotopic (exact) mass is 234 g/mol. The van der Waals surface area contributed by atoms with E-state index in [4.69, 9.17) is 10.7 Å². The Bertz CT molecular complexity index is 393. The highest BCUT2D eigenvalue weighted by atomic mass is 35.7. The lowest BCUT2D eigenvalue weighted by Gasteiger charge is -2.19. The average Bonchev–Trinajstić information content (AvgIpc) is 2.15. The second-order valence-electron chi connectivity index (χ2n) is 2.89. The fourth-order valence-electron chi connectivity index (χ4n) is 0.998. The van der Waals surface area contributed by atoms with Gasteiger partial charge in [-0.05, 0) is 19.1 Å². The van der Waals surface area contributed by atoms with Crippen LogP contribution in [0.15, 0.2) is 24.4 Å². The van der Waals surface area contributed by atoms with E-state index in [0.717, 1.165) is 4.31 Å². The molecule has 78 valence electrons. The zero-order chi connectivity index (χ0) is 10.8. The van der Waals surface area contributed by atoms with Crippen molar-refractivity contribution in [3.05, 3.63) is 30.1 Å². The summed E-state index contributed by atoms with van der Waals surface area (Å²) in [5, 5.41) is 0. The quantitative estimate of drug-likeness (QED) is 0.746. The van der Waals surface area contributed by atoms with Crippen molar-refractivity contribution < 1.29 is 8.42 Å². The second-order valence-corrected chi connectivity index (χ2v) is 5.46. The van der Waals surface area contributed by atoms with Gasteiger partial charge in [0.15, 0.2) is 0 Å². The second kappa shape index (κ2) is 4.25. The summed E-state index contributed by atoms with van der Waals surface area (Å²) in [4.78, 5) is 4.05. The molecule has 14 heavy (non-hydrogen) atoms. The lowest BCUT2D eigenvalue weighted by molar-refractivity contribution is 0.401. The van der Waals surface area contributed by atoms with Crippen LogP contribution in [0, 0.1) is 0 Å². The van der Waals surface area contributed by atoms with E-state index in [1.54, 1.807) is 31.3 Å². The first-order valence-electron chi connectivity index (χ1n) is 4.01. The van der Waals surface area contributed by atoms with E-state index >= 15 is 0 Å². The first-order valence-corrected chi connectivity index (χ1v) is 6.28. The summed E-state index contributed by atoms with van der Waals surface area (Å²) < 4.78 is 23.1. The Morgan fingerprint density at radius 3 is 2.57 bits per heavy atom. The van der Waals surface area contributed by atoms with Crippen molar-refractivity contribution in [2.24, 2.45) is 0 Å². The molecule has 1 aromatic rings. The molecular formula is C8H11ClN2O2S. The molecule has 0 bridgehead atoms. The van der Waals surface area contributed by atoms with Crippen molar-refractivity contribution in [1.29, 1.82) is 0 Å². The first-order chi connectivity index (χ1) is 6.43. The van der Waals surface area contributed by atoms with Crippen molar-refractivity contribution in [1.82, 2.24) is 9.29 Å². The topological polar surface area (TPSA) is 50.3 Å². The van der Waals surface area contributed by atoms with Gasteiger partial charge in [-0.2, -0.15) is 12.7 Å². The van der Waals surface area contributed by atoms with Gasteiger partial charge in [0.25, 0.3) is 9.24 Å². The molecule has 0 aromatic carbocycles. The van der Waals surface area contributed by atoms with Gasteiger partial charge >= 0.3 is 0 Å². The number of pyridine rings is 1. The van der Waals surface area contributed by atoms with Crippen LogP contribution in [0.2, 0.25) is 0 Å². The zero-order valence-electron chi connectivity index (χ0n) is 7.88. The highest BCUT2D eigenvalue weighted by molar-refractivity contribution is 8.11. The van der Waals surface area contributed by atoms with Crippen LogP contribution in [0.4, 0.5) is 0 Å². The smallest absolute Gasteiger partial charge is 0.260 e. The fraction of sp³-hybridized carbons (Fsp3) is 0.375. The van der Waals surface area contributed by atoms with Gasteiger partial charge in [-0.3, -0.25) is 4.98 Å². The third-order valence-electron chi connectivity index (χ3n) is 2.01. The molecule has 1 unspecified atom stereocenters. The number of hydrogen-bond acceptors (Lipinski definition) is 3. The molecule has 1 rings (SSSR count). The van der Waals surface area contributed by atoms with Gasteiger partial charge in [0.1, 0.15) is 0 Å². The lowest BCUT2D eigenvalue weighted by atomic mass is 10.2. The Balaban J connectivity index is 2.92. The molecule has 1 aromatic heterocycles. The molecule has 4 nitrogen and oxygen atoms in total. The fourth-order valence-corrected chi connectivity index (χ4v) is 1.84. The van der Waals surface area contributed by atoms with E-state index in [2.05, 4.69) is 4.98 Å². The predicted octanol–water partition coefficient (Wildman–Crippen LogP) is 1.56. The van der Waals surface area contributed by atoms with Crippen LogP contribution in [0.3, 0.4) is 0 Å². The SMILES string of the molecule is CC(c1ccccn1)N(C)S(=O)(=O)Cl. The Kier molecular flexibility index (Phi) is 3.47. The molecule has 6 heteroatoms. The van der Waals surface area contributed by atoms with E-state index in [9.17, 15) is 8.42 Å². The molecule has 0 fully saturated rings. The lowest BCUT2D eigenvalue weighted by Crippen LogP contribution is -2.26. The maximum Gasteiger partial charge on any atom is 0.300 e. The zero-order valence-corrected chi connectivity index (χ0v) is 9.46. The number of hydrogen-bond donors (Lipinski definition) is 0. The average molecular weight is 235 g/mol. The number of halogens is 1. The van der Waals surface area contributed by atoms with Gasteiger partial charge in [-0.15, -0.1) is 0 Å². The molecule has 1 atom stereocenters. The standard InChI is InChI=1S/C8H11ClN2O2S/c1-7(11(2)14(9,12)13)8-5-3-4-6-10-8/h3-7H,1-2H3. The van der Waals surface area contributed by atoms with Crippen LogP contribution < -0.4 is 0 Å². The molecule has 0 amide bonds. The number of aromatic nitrogens is 1. The van der Waals surface area contributed by atoms with Crippen LogP contribution in [-0.2, 0) is 9.24 Å². The van der Waals surface area contributed by atoms with Crippen LogP contribution >= 0.6 is 10.7 Å². The molecule has 0 aliphatic rings. The number of nitrogens with zero attached hydrogens (tertiary/aromatic N) is 2. The van der Waals surface area contributed by atoms with Gasteiger partial charge in [-0.25, -0.2) is 0 Å². The van der Waals surface area contributed by atoms with Gasteiger partial charge in [0.05, 0.1) is 11.7 Å². The summed E-state index contributed by atoms with van der Waals surface area (Å²) >= 11 is 0. The minimum absolute atomic E-state index is 0.362. The molecule has 0 aliphatic carbocycles. The maximum absolute atomic E-state index is 11.0. The summed E-state index contributed by atoms with van der Waals surface area (Å²) in [6.07, 6.45) is 1.61. The van der Waals surface area contributed by atoms with Gasteiger partial charge in [0, 0.05) is 23.9 Å². The van der Waals surface area contributed by atoms with Gasteiger partial charge in [-0.1, -0.05) is 6.07 Å². The van der Waals surface area contributed by atoms with Crippen LogP contribution in [0.25, 0.3) is 0 Å². The van der Waals surface area contributed by atoms with E-state index in [1.165, 1.54) is 7.05 Å². The Morgan fingerprint density at radius 2 is 2.14 bits per heavy atom. The minimum Gasteiger partial charge on any atom is -0.260 e. The van der Waals surface area contributed by atoms with E-state index in [-0.39, 0.29) is 6.04 Å². The van der Waals surface area contributed by atoms with Crippen molar-refractivity contribution in [2.45, 2.75) is 13.0 Å². The van der Waals surface area contributed by atoms with E-state index < -0.39 is 9.24 Å². The Morgan fingerprint density at radius 1 is 1.50 bits per heavy atom.